The van der Waals surface area contributed by atoms with Gasteiger partial charge in [-0.15, -0.1) is 0 Å². The van der Waals surface area contributed by atoms with Gasteiger partial charge in [0.1, 0.15) is 0 Å². The summed E-state index contributed by atoms with van der Waals surface area (Å²) in [4.78, 5) is 2.55. The van der Waals surface area contributed by atoms with Crippen LogP contribution < -0.4 is 15.5 Å². The first kappa shape index (κ1) is 13.9. The van der Waals surface area contributed by atoms with E-state index < -0.39 is 0 Å². The predicted molar refractivity (Wildman–Crippen MR) is 85.5 cm³/mol. The Morgan fingerprint density at radius 1 is 1.20 bits per heavy atom. The van der Waals surface area contributed by atoms with Gasteiger partial charge < -0.3 is 15.5 Å². The molecule has 1 saturated heterocycles. The lowest BCUT2D eigenvalue weighted by Crippen LogP contribution is -2.33. The molecule has 2 heterocycles. The van der Waals surface area contributed by atoms with Gasteiger partial charge in [-0.3, -0.25) is 0 Å². The molecule has 0 aromatic heterocycles. The number of nitrogens with one attached hydrogen (secondary N) is 2. The van der Waals surface area contributed by atoms with Crippen LogP contribution in [0, 0.1) is 0 Å². The minimum absolute atomic E-state index is 0.732. The van der Waals surface area contributed by atoms with E-state index in [1.165, 1.54) is 69.5 Å². The van der Waals surface area contributed by atoms with Gasteiger partial charge in [0.05, 0.1) is 0 Å². The molecule has 2 aliphatic heterocycles. The molecule has 0 radical (unpaired) electrons. The summed E-state index contributed by atoms with van der Waals surface area (Å²) in [5.41, 5.74) is 2.99. The van der Waals surface area contributed by atoms with E-state index in [0.717, 1.165) is 12.6 Å². The molecule has 3 nitrogen and oxygen atoms in total. The first-order valence-electron chi connectivity index (χ1n) is 8.20. The molecule has 110 valence electrons. The summed E-state index contributed by atoms with van der Waals surface area (Å²) in [6.45, 7) is 5.92. The molecule has 0 spiro atoms. The lowest BCUT2D eigenvalue weighted by Gasteiger charge is -2.21. The second-order valence-corrected chi connectivity index (χ2v) is 6.05. The first-order chi connectivity index (χ1) is 9.93. The summed E-state index contributed by atoms with van der Waals surface area (Å²) in [6, 6.07) is 9.59. The maximum atomic E-state index is 3.74. The van der Waals surface area contributed by atoms with Crippen LogP contribution in [0.25, 0.3) is 0 Å². The number of rotatable bonds is 5. The minimum atomic E-state index is 0.732. The monoisotopic (exact) mass is 273 g/mol. The summed E-state index contributed by atoms with van der Waals surface area (Å²) in [7, 11) is 0. The van der Waals surface area contributed by atoms with Gasteiger partial charge in [-0.1, -0.05) is 18.2 Å². The molecule has 0 aliphatic carbocycles. The summed E-state index contributed by atoms with van der Waals surface area (Å²) < 4.78 is 0. The van der Waals surface area contributed by atoms with Crippen LogP contribution in [-0.4, -0.2) is 38.8 Å². The average molecular weight is 273 g/mol. The third kappa shape index (κ3) is 3.53. The van der Waals surface area contributed by atoms with Crippen LogP contribution in [0.4, 0.5) is 5.69 Å². The van der Waals surface area contributed by atoms with E-state index in [2.05, 4.69) is 39.8 Å². The molecule has 0 bridgehead atoms. The smallest absolute Gasteiger partial charge is 0.0399 e. The van der Waals surface area contributed by atoms with E-state index >= 15 is 0 Å². The lowest BCUT2D eigenvalue weighted by atomic mass is 10.1. The van der Waals surface area contributed by atoms with E-state index in [1.54, 1.807) is 0 Å². The van der Waals surface area contributed by atoms with Crippen molar-refractivity contribution in [1.82, 2.24) is 10.6 Å². The highest BCUT2D eigenvalue weighted by molar-refractivity contribution is 5.57. The molecular formula is C17H27N3. The van der Waals surface area contributed by atoms with E-state index in [-0.39, 0.29) is 0 Å². The number of hydrogen-bond donors (Lipinski definition) is 2. The summed E-state index contributed by atoms with van der Waals surface area (Å²) >= 11 is 0. The summed E-state index contributed by atoms with van der Waals surface area (Å²) in [5, 5.41) is 7.22. The average Bonchev–Trinajstić information content (AvgIpc) is 2.71. The van der Waals surface area contributed by atoms with Crippen LogP contribution in [0.1, 0.15) is 31.2 Å². The van der Waals surface area contributed by atoms with Crippen LogP contribution in [0.5, 0.6) is 0 Å². The highest BCUT2D eigenvalue weighted by Crippen LogP contribution is 2.27. The van der Waals surface area contributed by atoms with Crippen molar-refractivity contribution in [2.75, 3.05) is 37.6 Å². The van der Waals surface area contributed by atoms with Crippen molar-refractivity contribution in [3.63, 3.8) is 0 Å². The zero-order valence-electron chi connectivity index (χ0n) is 12.4. The number of fused-ring (bicyclic) bond motifs is 1. The molecule has 0 saturated carbocycles. The van der Waals surface area contributed by atoms with Crippen molar-refractivity contribution in [2.45, 2.75) is 38.1 Å². The maximum absolute atomic E-state index is 3.74. The van der Waals surface area contributed by atoms with Gasteiger partial charge in [0, 0.05) is 24.8 Å². The zero-order valence-corrected chi connectivity index (χ0v) is 12.4. The molecule has 20 heavy (non-hydrogen) atoms. The van der Waals surface area contributed by atoms with Crippen LogP contribution in [0.15, 0.2) is 24.3 Å². The summed E-state index contributed by atoms with van der Waals surface area (Å²) in [6.07, 6.45) is 6.40. The van der Waals surface area contributed by atoms with Crippen molar-refractivity contribution < 1.29 is 0 Å². The molecular weight excluding hydrogens is 246 g/mol. The third-order valence-corrected chi connectivity index (χ3v) is 4.60. The van der Waals surface area contributed by atoms with Gasteiger partial charge in [0.2, 0.25) is 0 Å². The molecule has 1 aromatic carbocycles. The van der Waals surface area contributed by atoms with E-state index in [4.69, 9.17) is 0 Å². The lowest BCUT2D eigenvalue weighted by molar-refractivity contribution is 0.464. The van der Waals surface area contributed by atoms with E-state index in [0.29, 0.717) is 0 Å². The second-order valence-electron chi connectivity index (χ2n) is 6.05. The molecule has 0 amide bonds. The van der Waals surface area contributed by atoms with Crippen molar-refractivity contribution in [1.29, 1.82) is 0 Å². The van der Waals surface area contributed by atoms with Crippen molar-refractivity contribution in [2.24, 2.45) is 0 Å². The third-order valence-electron chi connectivity index (χ3n) is 4.60. The van der Waals surface area contributed by atoms with Gasteiger partial charge in [-0.05, 0) is 63.4 Å². The van der Waals surface area contributed by atoms with Gasteiger partial charge in [0.25, 0.3) is 0 Å². The van der Waals surface area contributed by atoms with E-state index in [1.807, 2.05) is 0 Å². The van der Waals surface area contributed by atoms with Gasteiger partial charge in [-0.2, -0.15) is 0 Å². The quantitative estimate of drug-likeness (QED) is 0.805. The Balaban J connectivity index is 1.38. The van der Waals surface area contributed by atoms with Gasteiger partial charge in [0.15, 0.2) is 0 Å². The van der Waals surface area contributed by atoms with Gasteiger partial charge in [-0.25, -0.2) is 0 Å². The second kappa shape index (κ2) is 7.09. The fraction of sp³-hybridized carbons (Fsp3) is 0.647. The maximum Gasteiger partial charge on any atom is 0.0399 e. The molecule has 2 aliphatic rings. The van der Waals surface area contributed by atoms with Crippen LogP contribution in [0.3, 0.4) is 0 Å². The number of anilines is 1. The molecule has 1 atom stereocenters. The molecule has 2 N–H and O–H groups in total. The number of para-hydroxylation sites is 1. The van der Waals surface area contributed by atoms with E-state index in [9.17, 15) is 0 Å². The van der Waals surface area contributed by atoms with Crippen molar-refractivity contribution in [3.8, 4) is 0 Å². The Hall–Kier alpha value is -1.06. The molecule has 3 rings (SSSR count). The number of nitrogens with zero attached hydrogens (tertiary/aromatic N) is 1. The first-order valence-corrected chi connectivity index (χ1v) is 8.20. The van der Waals surface area contributed by atoms with Crippen molar-refractivity contribution in [3.05, 3.63) is 29.8 Å². The SMILES string of the molecule is c1ccc2c(c1)CCN2CCCNC1CCCNCC1. The predicted octanol–water partition coefficient (Wildman–Crippen LogP) is 2.17. The summed E-state index contributed by atoms with van der Waals surface area (Å²) in [5.74, 6) is 0. The highest BCUT2D eigenvalue weighted by atomic mass is 15.1. The fourth-order valence-corrected chi connectivity index (χ4v) is 3.44. The van der Waals surface area contributed by atoms with Crippen molar-refractivity contribution >= 4 is 5.69 Å². The normalized spacial score (nSPS) is 22.6. The highest BCUT2D eigenvalue weighted by Gasteiger charge is 2.17. The molecule has 1 unspecified atom stereocenters. The Bertz CT molecular complexity index is 410. The van der Waals surface area contributed by atoms with Crippen LogP contribution >= 0.6 is 0 Å². The standard InChI is InChI=1S/C17H27N3/c1-2-7-17-15(5-1)9-14-20(17)13-4-11-19-16-6-3-10-18-12-8-16/h1-2,5,7,16,18-19H,3-4,6,8-14H2. The molecule has 3 heteroatoms. The minimum Gasteiger partial charge on any atom is -0.371 e. The van der Waals surface area contributed by atoms with Crippen LogP contribution in [-0.2, 0) is 6.42 Å². The van der Waals surface area contributed by atoms with Gasteiger partial charge >= 0.3 is 0 Å². The number of hydrogen-bond acceptors (Lipinski definition) is 3. The number of benzene rings is 1. The fourth-order valence-electron chi connectivity index (χ4n) is 3.44. The Morgan fingerprint density at radius 2 is 2.15 bits per heavy atom. The van der Waals surface area contributed by atoms with Crippen LogP contribution in [0.2, 0.25) is 0 Å². The Morgan fingerprint density at radius 3 is 3.15 bits per heavy atom. The molecule has 1 fully saturated rings. The largest absolute Gasteiger partial charge is 0.371 e. The molecule has 1 aromatic rings. The topological polar surface area (TPSA) is 27.3 Å². The zero-order chi connectivity index (χ0) is 13.6. The Labute approximate surface area is 122 Å². The Kier molecular flexibility index (Phi) is 4.93.